The average molecular weight is 336 g/mol. The minimum absolute atomic E-state index is 0. The van der Waals surface area contributed by atoms with Crippen LogP contribution in [0.1, 0.15) is 11.1 Å². The first-order chi connectivity index (χ1) is 10.7. The molecule has 0 saturated heterocycles. The maximum absolute atomic E-state index is 11.6. The summed E-state index contributed by atoms with van der Waals surface area (Å²) in [5.41, 5.74) is 2.18. The van der Waals surface area contributed by atoms with Gasteiger partial charge in [0.2, 0.25) is 0 Å². The molecule has 0 aliphatic rings. The van der Waals surface area contributed by atoms with E-state index in [1.54, 1.807) is 7.05 Å². The van der Waals surface area contributed by atoms with Crippen molar-refractivity contribution in [1.29, 1.82) is 0 Å². The molecule has 0 bridgehead atoms. The third-order valence-electron chi connectivity index (χ3n) is 3.45. The van der Waals surface area contributed by atoms with Gasteiger partial charge >= 0.3 is 5.97 Å². The lowest BCUT2D eigenvalue weighted by Crippen LogP contribution is -2.36. The molecule has 0 unspecified atom stereocenters. The molecule has 0 aliphatic heterocycles. The van der Waals surface area contributed by atoms with E-state index >= 15 is 0 Å². The molecule has 23 heavy (non-hydrogen) atoms. The molecule has 0 heterocycles. The van der Waals surface area contributed by atoms with Gasteiger partial charge in [0.1, 0.15) is 18.4 Å². The molecule has 4 nitrogen and oxygen atoms in total. The summed E-state index contributed by atoms with van der Waals surface area (Å²) in [6.07, 6.45) is 0.585. The van der Waals surface area contributed by atoms with Crippen molar-refractivity contribution in [2.75, 3.05) is 14.2 Å². The first-order valence-electron chi connectivity index (χ1n) is 7.23. The minimum atomic E-state index is -0.332. The Balaban J connectivity index is 0.00000264. The van der Waals surface area contributed by atoms with E-state index in [9.17, 15) is 4.79 Å². The summed E-state index contributed by atoms with van der Waals surface area (Å²) in [4.78, 5) is 11.6. The van der Waals surface area contributed by atoms with Crippen molar-refractivity contribution >= 4 is 18.4 Å². The van der Waals surface area contributed by atoms with Crippen LogP contribution in [0.5, 0.6) is 5.75 Å². The minimum Gasteiger partial charge on any atom is -0.489 e. The SMILES string of the molecule is CN[C@@H](Cc1ccc(OCc2ccccc2)cc1)C(=O)OC.Cl. The fourth-order valence-corrected chi connectivity index (χ4v) is 2.14. The molecule has 1 N–H and O–H groups in total. The zero-order chi connectivity index (χ0) is 15.8. The second-order valence-corrected chi connectivity index (χ2v) is 4.99. The summed E-state index contributed by atoms with van der Waals surface area (Å²) in [6.45, 7) is 0.543. The Morgan fingerprint density at radius 3 is 2.26 bits per heavy atom. The van der Waals surface area contributed by atoms with Gasteiger partial charge in [0.25, 0.3) is 0 Å². The zero-order valence-corrected chi connectivity index (χ0v) is 14.1. The summed E-state index contributed by atoms with van der Waals surface area (Å²) in [5.74, 6) is 0.554. The molecule has 0 amide bonds. The van der Waals surface area contributed by atoms with E-state index in [2.05, 4.69) is 5.32 Å². The highest BCUT2D eigenvalue weighted by Crippen LogP contribution is 2.15. The molecular formula is C18H22ClNO3. The molecule has 124 valence electrons. The number of nitrogens with one attached hydrogen (secondary N) is 1. The van der Waals surface area contributed by atoms with Gasteiger partial charge in [0.15, 0.2) is 0 Å². The summed E-state index contributed by atoms with van der Waals surface area (Å²) in [6, 6.07) is 17.5. The molecule has 0 aliphatic carbocycles. The fraction of sp³-hybridized carbons (Fsp3) is 0.278. The van der Waals surface area contributed by atoms with Crippen molar-refractivity contribution in [2.45, 2.75) is 19.1 Å². The quantitative estimate of drug-likeness (QED) is 0.790. The Hall–Kier alpha value is -2.04. The molecule has 0 spiro atoms. The van der Waals surface area contributed by atoms with Crippen LogP contribution in [0.3, 0.4) is 0 Å². The smallest absolute Gasteiger partial charge is 0.323 e. The molecule has 0 aromatic heterocycles. The molecule has 0 radical (unpaired) electrons. The summed E-state index contributed by atoms with van der Waals surface area (Å²) in [7, 11) is 3.14. The van der Waals surface area contributed by atoms with Gasteiger partial charge in [-0.15, -0.1) is 12.4 Å². The summed E-state index contributed by atoms with van der Waals surface area (Å²) >= 11 is 0. The van der Waals surface area contributed by atoms with E-state index in [0.29, 0.717) is 13.0 Å². The van der Waals surface area contributed by atoms with Gasteiger partial charge in [-0.3, -0.25) is 4.79 Å². The van der Waals surface area contributed by atoms with Crippen LogP contribution in [0.15, 0.2) is 54.6 Å². The topological polar surface area (TPSA) is 47.6 Å². The van der Waals surface area contributed by atoms with Crippen LogP contribution in [0.25, 0.3) is 0 Å². The predicted molar refractivity (Wildman–Crippen MR) is 93.0 cm³/mol. The van der Waals surface area contributed by atoms with Gasteiger partial charge < -0.3 is 14.8 Å². The Kier molecular flexibility index (Phi) is 8.16. The third kappa shape index (κ3) is 5.93. The third-order valence-corrected chi connectivity index (χ3v) is 3.45. The maximum Gasteiger partial charge on any atom is 0.323 e. The van der Waals surface area contributed by atoms with Crippen LogP contribution >= 0.6 is 12.4 Å². The van der Waals surface area contributed by atoms with Crippen LogP contribution in [0.4, 0.5) is 0 Å². The molecule has 0 saturated carbocycles. The zero-order valence-electron chi connectivity index (χ0n) is 13.3. The number of carbonyl (C=O) groups is 1. The van der Waals surface area contributed by atoms with Crippen molar-refractivity contribution in [3.8, 4) is 5.75 Å². The molecule has 2 aromatic carbocycles. The number of benzene rings is 2. The fourth-order valence-electron chi connectivity index (χ4n) is 2.14. The molecule has 2 rings (SSSR count). The van der Waals surface area contributed by atoms with Gasteiger partial charge in [-0.1, -0.05) is 42.5 Å². The van der Waals surface area contributed by atoms with E-state index in [4.69, 9.17) is 9.47 Å². The summed E-state index contributed by atoms with van der Waals surface area (Å²) in [5, 5.41) is 2.96. The normalized spacial score (nSPS) is 11.2. The second kappa shape index (κ2) is 9.87. The largest absolute Gasteiger partial charge is 0.489 e. The van der Waals surface area contributed by atoms with E-state index in [-0.39, 0.29) is 24.4 Å². The Labute approximate surface area is 143 Å². The van der Waals surface area contributed by atoms with Crippen LogP contribution < -0.4 is 10.1 Å². The second-order valence-electron chi connectivity index (χ2n) is 4.99. The molecule has 1 atom stereocenters. The Morgan fingerprint density at radius 1 is 1.04 bits per heavy atom. The summed E-state index contributed by atoms with van der Waals surface area (Å²) < 4.78 is 10.5. The van der Waals surface area contributed by atoms with Gasteiger partial charge in [-0.25, -0.2) is 0 Å². The van der Waals surface area contributed by atoms with E-state index < -0.39 is 0 Å². The van der Waals surface area contributed by atoms with Gasteiger partial charge in [-0.2, -0.15) is 0 Å². The van der Waals surface area contributed by atoms with E-state index in [1.165, 1.54) is 7.11 Å². The lowest BCUT2D eigenvalue weighted by Gasteiger charge is -2.14. The van der Waals surface area contributed by atoms with Crippen LogP contribution in [-0.4, -0.2) is 26.2 Å². The number of likely N-dealkylation sites (N-methyl/N-ethyl adjacent to an activating group) is 1. The number of carbonyl (C=O) groups excluding carboxylic acids is 1. The molecular weight excluding hydrogens is 314 g/mol. The number of halogens is 1. The van der Waals surface area contributed by atoms with Crippen LogP contribution in [0, 0.1) is 0 Å². The Morgan fingerprint density at radius 2 is 1.70 bits per heavy atom. The first-order valence-corrected chi connectivity index (χ1v) is 7.23. The number of hydrogen-bond donors (Lipinski definition) is 1. The highest BCUT2D eigenvalue weighted by Gasteiger charge is 2.17. The number of rotatable bonds is 7. The van der Waals surface area contributed by atoms with Crippen molar-refractivity contribution in [3.05, 3.63) is 65.7 Å². The van der Waals surface area contributed by atoms with Crippen LogP contribution in [-0.2, 0) is 22.6 Å². The van der Waals surface area contributed by atoms with E-state index in [1.807, 2.05) is 54.6 Å². The Bertz CT molecular complexity index is 587. The number of methoxy groups -OCH3 is 1. The number of ether oxygens (including phenoxy) is 2. The number of hydrogen-bond acceptors (Lipinski definition) is 4. The maximum atomic E-state index is 11.6. The predicted octanol–water partition coefficient (Wildman–Crippen LogP) is 2.99. The first kappa shape index (κ1) is 19.0. The van der Waals surface area contributed by atoms with Crippen molar-refractivity contribution in [1.82, 2.24) is 5.32 Å². The molecule has 5 heteroatoms. The van der Waals surface area contributed by atoms with Gasteiger partial charge in [0.05, 0.1) is 7.11 Å². The highest BCUT2D eigenvalue weighted by atomic mass is 35.5. The average Bonchev–Trinajstić information content (AvgIpc) is 2.59. The number of esters is 1. The van der Waals surface area contributed by atoms with E-state index in [0.717, 1.165) is 16.9 Å². The highest BCUT2D eigenvalue weighted by molar-refractivity contribution is 5.85. The standard InChI is InChI=1S/C18H21NO3.ClH/c1-19-17(18(20)21-2)12-14-8-10-16(11-9-14)22-13-15-6-4-3-5-7-15;/h3-11,17,19H,12-13H2,1-2H3;1H/t17-;/m0./s1. The van der Waals surface area contributed by atoms with Gasteiger partial charge in [0, 0.05) is 0 Å². The van der Waals surface area contributed by atoms with Crippen LogP contribution in [0.2, 0.25) is 0 Å². The monoisotopic (exact) mass is 335 g/mol. The van der Waals surface area contributed by atoms with Gasteiger partial charge in [-0.05, 0) is 36.7 Å². The molecule has 0 fully saturated rings. The van der Waals surface area contributed by atoms with Crippen molar-refractivity contribution in [3.63, 3.8) is 0 Å². The molecule has 2 aromatic rings. The lowest BCUT2D eigenvalue weighted by molar-refractivity contribution is -0.142. The lowest BCUT2D eigenvalue weighted by atomic mass is 10.1. The van der Waals surface area contributed by atoms with Crippen molar-refractivity contribution < 1.29 is 14.3 Å². The van der Waals surface area contributed by atoms with Crippen molar-refractivity contribution in [2.24, 2.45) is 0 Å².